The first-order valence-electron chi connectivity index (χ1n) is 12.6. The molecule has 0 aromatic heterocycles. The summed E-state index contributed by atoms with van der Waals surface area (Å²) in [6.45, 7) is -0.562. The Hall–Kier alpha value is -5.18. The highest BCUT2D eigenvalue weighted by Crippen LogP contribution is 2.36. The number of hydrazine groups is 1. The van der Waals surface area contributed by atoms with Crippen molar-refractivity contribution in [3.8, 4) is 11.1 Å². The molecule has 0 saturated carbocycles. The summed E-state index contributed by atoms with van der Waals surface area (Å²) in [5.41, 5.74) is 6.35. The number of sulfone groups is 1. The summed E-state index contributed by atoms with van der Waals surface area (Å²) >= 11 is 0. The number of oxime groups is 1. The maximum absolute atomic E-state index is 15.8. The average Bonchev–Trinajstić information content (AvgIpc) is 2.97. The number of carbonyl (C=O) groups is 1. The van der Waals surface area contributed by atoms with Crippen molar-refractivity contribution < 1.29 is 40.4 Å². The van der Waals surface area contributed by atoms with Crippen molar-refractivity contribution in [3.63, 3.8) is 0 Å². The van der Waals surface area contributed by atoms with Gasteiger partial charge < -0.3 is 16.3 Å². The molecular formula is C29H24F5N5O4S. The lowest BCUT2D eigenvalue weighted by Crippen LogP contribution is -2.39. The van der Waals surface area contributed by atoms with Crippen LogP contribution < -0.4 is 16.5 Å². The van der Waals surface area contributed by atoms with Gasteiger partial charge in [0.05, 0.1) is 17.8 Å². The molecule has 4 aromatic rings. The Morgan fingerprint density at radius 3 is 2.30 bits per heavy atom. The zero-order valence-electron chi connectivity index (χ0n) is 22.7. The fourth-order valence-electron chi connectivity index (χ4n) is 4.24. The van der Waals surface area contributed by atoms with Crippen LogP contribution in [-0.2, 0) is 22.6 Å². The van der Waals surface area contributed by atoms with Gasteiger partial charge in [0.2, 0.25) is 0 Å². The molecule has 5 N–H and O–H groups in total. The standard InChI is InChI=1S/C29H24F5N5O4S/c1-44(42,43)26-22(18-8-3-2-4-9-18)15-23(30)25(24(26)31)36-28(40)39(16-17-7-5-11-20(13-17)29(32,33)34)37-21-12-6-10-19(14-21)27(35)38-41/h2-15,37,41H,16H2,1H3,(H2,35,38)(H,36,40). The monoisotopic (exact) mass is 633 g/mol. The third kappa shape index (κ3) is 7.23. The van der Waals surface area contributed by atoms with Crippen LogP contribution in [-0.4, -0.2) is 36.8 Å². The first-order chi connectivity index (χ1) is 20.7. The number of amidine groups is 1. The van der Waals surface area contributed by atoms with Crippen molar-refractivity contribution in [2.24, 2.45) is 10.9 Å². The van der Waals surface area contributed by atoms with Gasteiger partial charge in [-0.2, -0.15) is 13.2 Å². The SMILES string of the molecule is CS(=O)(=O)c1c(-c2ccccc2)cc(F)c(NC(=O)N(Cc2cccc(C(F)(F)F)c2)Nc2cccc(C(N)=NO)c2)c1F. The molecule has 0 aliphatic rings. The lowest BCUT2D eigenvalue weighted by molar-refractivity contribution is -0.137. The quantitative estimate of drug-likeness (QED) is 0.0455. The summed E-state index contributed by atoms with van der Waals surface area (Å²) in [4.78, 5) is 12.6. The molecule has 2 amide bonds. The molecule has 4 rings (SSSR count). The van der Waals surface area contributed by atoms with E-state index in [1.165, 1.54) is 42.5 Å². The zero-order valence-corrected chi connectivity index (χ0v) is 23.5. The van der Waals surface area contributed by atoms with Crippen LogP contribution in [0.4, 0.5) is 38.1 Å². The van der Waals surface area contributed by atoms with Crippen LogP contribution in [0.25, 0.3) is 11.1 Å². The molecular weight excluding hydrogens is 609 g/mol. The highest BCUT2D eigenvalue weighted by Gasteiger charge is 2.31. The normalized spacial score (nSPS) is 12.1. The number of nitrogens with zero attached hydrogens (tertiary/aromatic N) is 2. The Labute approximate surface area is 248 Å². The molecule has 0 fully saturated rings. The summed E-state index contributed by atoms with van der Waals surface area (Å²) in [5.74, 6) is -3.18. The predicted octanol–water partition coefficient (Wildman–Crippen LogP) is 6.21. The van der Waals surface area contributed by atoms with Crippen LogP contribution in [0.15, 0.2) is 95.0 Å². The van der Waals surface area contributed by atoms with Gasteiger partial charge in [-0.25, -0.2) is 27.0 Å². The van der Waals surface area contributed by atoms with Crippen molar-refractivity contribution in [2.75, 3.05) is 17.0 Å². The van der Waals surface area contributed by atoms with Crippen LogP contribution in [0, 0.1) is 11.6 Å². The lowest BCUT2D eigenvalue weighted by Gasteiger charge is -2.26. The second kappa shape index (κ2) is 12.6. The van der Waals surface area contributed by atoms with Gasteiger partial charge in [0.25, 0.3) is 0 Å². The Morgan fingerprint density at radius 1 is 0.977 bits per heavy atom. The van der Waals surface area contributed by atoms with E-state index in [4.69, 9.17) is 10.9 Å². The number of benzene rings is 4. The number of urea groups is 1. The maximum Gasteiger partial charge on any atom is 0.416 e. The number of alkyl halides is 3. The Morgan fingerprint density at radius 2 is 1.66 bits per heavy atom. The van der Waals surface area contributed by atoms with Crippen LogP contribution in [0.1, 0.15) is 16.7 Å². The number of nitrogens with two attached hydrogens (primary N) is 1. The highest BCUT2D eigenvalue weighted by molar-refractivity contribution is 7.90. The molecule has 15 heteroatoms. The zero-order chi connectivity index (χ0) is 32.2. The van der Waals surface area contributed by atoms with E-state index >= 15 is 8.78 Å². The molecule has 0 aliphatic heterocycles. The second-order valence-electron chi connectivity index (χ2n) is 9.45. The molecule has 0 heterocycles. The molecule has 44 heavy (non-hydrogen) atoms. The van der Waals surface area contributed by atoms with Gasteiger partial charge >= 0.3 is 12.2 Å². The molecule has 0 bridgehead atoms. The fraction of sp³-hybridized carbons (Fsp3) is 0.103. The van der Waals surface area contributed by atoms with E-state index in [0.29, 0.717) is 5.01 Å². The highest BCUT2D eigenvalue weighted by atomic mass is 32.2. The first-order valence-corrected chi connectivity index (χ1v) is 14.4. The first kappa shape index (κ1) is 31.7. The smallest absolute Gasteiger partial charge is 0.409 e. The van der Waals surface area contributed by atoms with Gasteiger partial charge in [-0.15, -0.1) is 0 Å². The van der Waals surface area contributed by atoms with Crippen molar-refractivity contribution in [1.82, 2.24) is 5.01 Å². The van der Waals surface area contributed by atoms with Gasteiger partial charge in [-0.3, -0.25) is 5.43 Å². The number of halogens is 5. The average molecular weight is 634 g/mol. The summed E-state index contributed by atoms with van der Waals surface area (Å²) in [7, 11) is -4.31. The van der Waals surface area contributed by atoms with Crippen molar-refractivity contribution in [2.45, 2.75) is 17.6 Å². The van der Waals surface area contributed by atoms with Crippen molar-refractivity contribution in [3.05, 3.63) is 113 Å². The number of nitrogens with one attached hydrogen (secondary N) is 2. The van der Waals surface area contributed by atoms with Crippen LogP contribution in [0.3, 0.4) is 0 Å². The number of hydrogen-bond acceptors (Lipinski definition) is 6. The molecule has 230 valence electrons. The van der Waals surface area contributed by atoms with E-state index < -0.39 is 56.4 Å². The minimum absolute atomic E-state index is 0.0211. The summed E-state index contributed by atoms with van der Waals surface area (Å²) < 4.78 is 96.4. The van der Waals surface area contributed by atoms with E-state index in [9.17, 15) is 26.4 Å². The number of carbonyl (C=O) groups excluding carboxylic acids is 1. The summed E-state index contributed by atoms with van der Waals surface area (Å²) in [5, 5.41) is 14.6. The number of rotatable bonds is 8. The lowest BCUT2D eigenvalue weighted by atomic mass is 10.0. The van der Waals surface area contributed by atoms with Crippen molar-refractivity contribution in [1.29, 1.82) is 0 Å². The maximum atomic E-state index is 15.8. The number of anilines is 2. The van der Waals surface area contributed by atoms with Gasteiger partial charge in [0, 0.05) is 17.4 Å². The molecule has 0 spiro atoms. The van der Waals surface area contributed by atoms with E-state index in [1.54, 1.807) is 18.2 Å². The van der Waals surface area contributed by atoms with Gasteiger partial charge in [0.15, 0.2) is 27.3 Å². The van der Waals surface area contributed by atoms with Gasteiger partial charge in [-0.1, -0.05) is 59.8 Å². The van der Waals surface area contributed by atoms with Crippen LogP contribution >= 0.6 is 0 Å². The molecule has 0 atom stereocenters. The third-order valence-corrected chi connectivity index (χ3v) is 7.37. The second-order valence-corrected chi connectivity index (χ2v) is 11.4. The molecule has 0 radical (unpaired) electrons. The molecule has 0 unspecified atom stereocenters. The van der Waals surface area contributed by atoms with Crippen molar-refractivity contribution >= 4 is 33.1 Å². The molecule has 0 saturated heterocycles. The Bertz CT molecular complexity index is 1830. The summed E-state index contributed by atoms with van der Waals surface area (Å²) in [6, 6.07) is 16.8. The van der Waals surface area contributed by atoms with Gasteiger partial charge in [0.1, 0.15) is 10.6 Å². The molecule has 4 aromatic carbocycles. The molecule has 9 nitrogen and oxygen atoms in total. The number of hydrogen-bond donors (Lipinski definition) is 4. The Kier molecular flexibility index (Phi) is 9.08. The van der Waals surface area contributed by atoms with Crippen LogP contribution in [0.5, 0.6) is 0 Å². The largest absolute Gasteiger partial charge is 0.416 e. The third-order valence-electron chi connectivity index (χ3n) is 6.23. The Balaban J connectivity index is 1.77. The topological polar surface area (TPSA) is 137 Å². The minimum Gasteiger partial charge on any atom is -0.409 e. The fourth-order valence-corrected chi connectivity index (χ4v) is 5.24. The van der Waals surface area contributed by atoms with Crippen LogP contribution in [0.2, 0.25) is 0 Å². The van der Waals surface area contributed by atoms with E-state index in [1.807, 2.05) is 5.32 Å². The molecule has 0 aliphatic carbocycles. The minimum atomic E-state index is -4.69. The van der Waals surface area contributed by atoms with E-state index in [-0.39, 0.29) is 33.8 Å². The van der Waals surface area contributed by atoms with E-state index in [0.717, 1.165) is 30.5 Å². The summed E-state index contributed by atoms with van der Waals surface area (Å²) in [6.07, 6.45) is -3.97. The van der Waals surface area contributed by atoms with E-state index in [2.05, 4.69) is 10.6 Å². The number of amides is 2. The van der Waals surface area contributed by atoms with Gasteiger partial charge in [-0.05, 0) is 41.5 Å². The predicted molar refractivity (Wildman–Crippen MR) is 153 cm³/mol.